The number of hydrogen-bond acceptors (Lipinski definition) is 3. The molecule has 0 spiro atoms. The summed E-state index contributed by atoms with van der Waals surface area (Å²) in [6.45, 7) is 0. The third-order valence-electron chi connectivity index (χ3n) is 3.22. The summed E-state index contributed by atoms with van der Waals surface area (Å²) in [6.07, 6.45) is 3.61. The van der Waals surface area contributed by atoms with Crippen LogP contribution in [0.5, 0.6) is 0 Å². The maximum atomic E-state index is 12.3. The number of rotatable bonds is 4. The van der Waals surface area contributed by atoms with E-state index >= 15 is 0 Å². The zero-order valence-electron chi connectivity index (χ0n) is 10.4. The third kappa shape index (κ3) is 3.33. The summed E-state index contributed by atoms with van der Waals surface area (Å²) in [5.41, 5.74) is -0.243. The lowest BCUT2D eigenvalue weighted by Crippen LogP contribution is -2.32. The van der Waals surface area contributed by atoms with Gasteiger partial charge in [0.15, 0.2) is 0 Å². The molecule has 0 unspecified atom stereocenters. The topological polar surface area (TPSA) is 83.5 Å². The van der Waals surface area contributed by atoms with Gasteiger partial charge < -0.3 is 5.11 Å². The fourth-order valence-electron chi connectivity index (χ4n) is 2.21. The van der Waals surface area contributed by atoms with Crippen LogP contribution >= 0.6 is 27.5 Å². The predicted molar refractivity (Wildman–Crippen MR) is 78.7 cm³/mol. The Morgan fingerprint density at radius 1 is 1.35 bits per heavy atom. The lowest BCUT2D eigenvalue weighted by Gasteiger charge is -2.13. The second-order valence-electron chi connectivity index (χ2n) is 4.67. The molecule has 0 amide bonds. The van der Waals surface area contributed by atoms with Crippen molar-refractivity contribution in [2.75, 3.05) is 0 Å². The van der Waals surface area contributed by atoms with Crippen molar-refractivity contribution in [2.45, 2.75) is 36.6 Å². The van der Waals surface area contributed by atoms with Crippen molar-refractivity contribution < 1.29 is 18.3 Å². The Morgan fingerprint density at radius 2 is 1.95 bits per heavy atom. The summed E-state index contributed by atoms with van der Waals surface area (Å²) in [6, 6.07) is 2.31. The molecule has 1 saturated carbocycles. The van der Waals surface area contributed by atoms with E-state index in [2.05, 4.69) is 20.7 Å². The monoisotopic (exact) mass is 381 g/mol. The number of aromatic carboxylic acids is 1. The molecule has 1 aromatic carbocycles. The molecule has 110 valence electrons. The summed E-state index contributed by atoms with van der Waals surface area (Å²) >= 11 is 8.92. The molecular formula is C12H13BrClNO4S. The van der Waals surface area contributed by atoms with Crippen LogP contribution in [0.25, 0.3) is 0 Å². The van der Waals surface area contributed by atoms with E-state index in [4.69, 9.17) is 16.7 Å². The molecule has 0 heterocycles. The van der Waals surface area contributed by atoms with Crippen LogP contribution in [0.1, 0.15) is 36.0 Å². The van der Waals surface area contributed by atoms with Crippen LogP contribution in [0, 0.1) is 0 Å². The maximum Gasteiger partial charge on any atom is 0.337 e. The van der Waals surface area contributed by atoms with Crippen LogP contribution in [0.15, 0.2) is 21.5 Å². The van der Waals surface area contributed by atoms with Crippen molar-refractivity contribution in [3.8, 4) is 0 Å². The van der Waals surface area contributed by atoms with E-state index in [0.29, 0.717) is 0 Å². The average molecular weight is 383 g/mol. The van der Waals surface area contributed by atoms with Gasteiger partial charge in [0.1, 0.15) is 0 Å². The molecule has 0 bridgehead atoms. The van der Waals surface area contributed by atoms with E-state index in [1.807, 2.05) is 0 Å². The van der Waals surface area contributed by atoms with Crippen molar-refractivity contribution in [1.82, 2.24) is 4.72 Å². The van der Waals surface area contributed by atoms with Crippen LogP contribution in [0.2, 0.25) is 5.02 Å². The minimum atomic E-state index is -3.74. The Hall–Kier alpha value is -0.630. The molecule has 20 heavy (non-hydrogen) atoms. The van der Waals surface area contributed by atoms with Gasteiger partial charge in [0, 0.05) is 10.5 Å². The number of sulfonamides is 1. The summed E-state index contributed by atoms with van der Waals surface area (Å²) < 4.78 is 27.4. The molecule has 0 aliphatic heterocycles. The van der Waals surface area contributed by atoms with Crippen molar-refractivity contribution in [2.24, 2.45) is 0 Å². The second kappa shape index (κ2) is 6.01. The van der Waals surface area contributed by atoms with Gasteiger partial charge >= 0.3 is 5.97 Å². The number of carboxylic acids is 1. The molecule has 0 aromatic heterocycles. The van der Waals surface area contributed by atoms with Crippen LogP contribution in [-0.2, 0) is 10.0 Å². The highest BCUT2D eigenvalue weighted by atomic mass is 79.9. The van der Waals surface area contributed by atoms with Gasteiger partial charge in [0.25, 0.3) is 0 Å². The van der Waals surface area contributed by atoms with Crippen LogP contribution < -0.4 is 4.72 Å². The molecular weight excluding hydrogens is 370 g/mol. The third-order valence-corrected chi connectivity index (χ3v) is 5.98. The molecule has 5 nitrogen and oxygen atoms in total. The molecule has 1 aromatic rings. The lowest BCUT2D eigenvalue weighted by atomic mass is 10.2. The van der Waals surface area contributed by atoms with E-state index < -0.39 is 16.0 Å². The van der Waals surface area contributed by atoms with E-state index in [1.54, 1.807) is 0 Å². The average Bonchev–Trinajstić information content (AvgIpc) is 2.83. The van der Waals surface area contributed by atoms with E-state index in [9.17, 15) is 13.2 Å². The zero-order chi connectivity index (χ0) is 14.9. The summed E-state index contributed by atoms with van der Waals surface area (Å²) in [7, 11) is -3.74. The number of benzene rings is 1. The molecule has 2 rings (SSSR count). The molecule has 0 atom stereocenters. The number of halogens is 2. The molecule has 0 radical (unpaired) electrons. The summed E-state index contributed by atoms with van der Waals surface area (Å²) in [5, 5.41) is 9.03. The molecule has 1 fully saturated rings. The van der Waals surface area contributed by atoms with E-state index in [-0.39, 0.29) is 26.0 Å². The summed E-state index contributed by atoms with van der Waals surface area (Å²) in [5.74, 6) is -1.27. The van der Waals surface area contributed by atoms with Gasteiger partial charge in [0.05, 0.1) is 15.5 Å². The van der Waals surface area contributed by atoms with Crippen LogP contribution in [0.3, 0.4) is 0 Å². The number of nitrogens with one attached hydrogen (secondary N) is 1. The van der Waals surface area contributed by atoms with Crippen LogP contribution in [0.4, 0.5) is 0 Å². The van der Waals surface area contributed by atoms with Crippen molar-refractivity contribution in [3.63, 3.8) is 0 Å². The lowest BCUT2D eigenvalue weighted by molar-refractivity contribution is 0.0696. The van der Waals surface area contributed by atoms with Crippen molar-refractivity contribution >= 4 is 43.5 Å². The quantitative estimate of drug-likeness (QED) is 0.838. The van der Waals surface area contributed by atoms with Gasteiger partial charge in [0.2, 0.25) is 10.0 Å². The normalized spacial score (nSPS) is 16.5. The first-order valence-corrected chi connectivity index (χ1v) is 8.71. The van der Waals surface area contributed by atoms with Crippen molar-refractivity contribution in [3.05, 3.63) is 27.2 Å². The van der Waals surface area contributed by atoms with E-state index in [0.717, 1.165) is 31.7 Å². The Bertz CT molecular complexity index is 641. The highest BCUT2D eigenvalue weighted by Gasteiger charge is 2.25. The smallest absolute Gasteiger partial charge is 0.337 e. The SMILES string of the molecule is O=C(O)c1cc(S(=O)(=O)NC2CCCC2)cc(Br)c1Cl. The van der Waals surface area contributed by atoms with Crippen LogP contribution in [-0.4, -0.2) is 25.5 Å². The predicted octanol–water partition coefficient (Wildman–Crippen LogP) is 3.02. The van der Waals surface area contributed by atoms with Gasteiger partial charge in [-0.3, -0.25) is 0 Å². The van der Waals surface area contributed by atoms with Crippen molar-refractivity contribution in [1.29, 1.82) is 0 Å². The van der Waals surface area contributed by atoms with Gasteiger partial charge in [-0.15, -0.1) is 0 Å². The fourth-order valence-corrected chi connectivity index (χ4v) is 4.36. The Balaban J connectivity index is 2.38. The first kappa shape index (κ1) is 15.8. The molecule has 1 aliphatic rings. The van der Waals surface area contributed by atoms with Gasteiger partial charge in [-0.1, -0.05) is 24.4 Å². The second-order valence-corrected chi connectivity index (χ2v) is 7.62. The highest BCUT2D eigenvalue weighted by Crippen LogP contribution is 2.30. The zero-order valence-corrected chi connectivity index (χ0v) is 13.6. The van der Waals surface area contributed by atoms with E-state index in [1.165, 1.54) is 6.07 Å². The van der Waals surface area contributed by atoms with Gasteiger partial charge in [-0.25, -0.2) is 17.9 Å². The minimum Gasteiger partial charge on any atom is -0.478 e. The first-order chi connectivity index (χ1) is 9.31. The highest BCUT2D eigenvalue weighted by molar-refractivity contribution is 9.10. The maximum absolute atomic E-state index is 12.3. The standard InChI is InChI=1S/C12H13BrClNO4S/c13-10-6-8(5-9(11(10)14)12(16)17)20(18,19)15-7-3-1-2-4-7/h5-7,15H,1-4H2,(H,16,17). The molecule has 8 heteroatoms. The Morgan fingerprint density at radius 3 is 2.50 bits per heavy atom. The Kier molecular flexibility index (Phi) is 4.73. The summed E-state index contributed by atoms with van der Waals surface area (Å²) in [4.78, 5) is 11.0. The fraction of sp³-hybridized carbons (Fsp3) is 0.417. The molecule has 0 saturated heterocycles. The number of carbonyl (C=O) groups is 1. The minimum absolute atomic E-state index is 0.0164. The molecule has 2 N–H and O–H groups in total. The number of carboxylic acid groups (broad SMARTS) is 1. The van der Waals surface area contributed by atoms with Gasteiger partial charge in [-0.05, 0) is 40.9 Å². The largest absolute Gasteiger partial charge is 0.478 e. The Labute approximate surface area is 130 Å². The molecule has 1 aliphatic carbocycles. The number of hydrogen-bond donors (Lipinski definition) is 2. The first-order valence-electron chi connectivity index (χ1n) is 6.06. The van der Waals surface area contributed by atoms with Gasteiger partial charge in [-0.2, -0.15) is 0 Å².